The van der Waals surface area contributed by atoms with E-state index in [1.54, 1.807) is 18.2 Å². The summed E-state index contributed by atoms with van der Waals surface area (Å²) in [7, 11) is 0. The van der Waals surface area contributed by atoms with Crippen LogP contribution in [0.15, 0.2) is 27.7 Å². The average molecular weight is 341 g/mol. The van der Waals surface area contributed by atoms with E-state index in [1.165, 1.54) is 35.1 Å². The molecule has 110 valence electrons. The number of benzene rings is 1. The maximum atomic E-state index is 11.9. The van der Waals surface area contributed by atoms with Crippen LogP contribution < -0.4 is 14.8 Å². The SMILES string of the molecule is CSc1nsc(SCC(=O)Nc2ccc3c(c2)OCO3)n1. The maximum Gasteiger partial charge on any atom is 0.234 e. The van der Waals surface area contributed by atoms with Crippen LogP contribution in [0.4, 0.5) is 5.69 Å². The third-order valence-corrected chi connectivity index (χ3v) is 5.05. The van der Waals surface area contributed by atoms with Gasteiger partial charge in [0, 0.05) is 11.8 Å². The van der Waals surface area contributed by atoms with Crippen LogP contribution >= 0.6 is 35.1 Å². The number of carbonyl (C=O) groups excluding carboxylic acids is 1. The highest BCUT2D eigenvalue weighted by atomic mass is 32.2. The van der Waals surface area contributed by atoms with Gasteiger partial charge in [-0.3, -0.25) is 4.79 Å². The number of amides is 1. The lowest BCUT2D eigenvalue weighted by molar-refractivity contribution is -0.113. The second kappa shape index (κ2) is 6.54. The van der Waals surface area contributed by atoms with Crippen LogP contribution in [0.2, 0.25) is 0 Å². The first kappa shape index (κ1) is 14.5. The molecule has 0 saturated carbocycles. The number of aromatic nitrogens is 2. The highest BCUT2D eigenvalue weighted by Crippen LogP contribution is 2.34. The summed E-state index contributed by atoms with van der Waals surface area (Å²) in [5.74, 6) is 1.53. The van der Waals surface area contributed by atoms with Crippen molar-refractivity contribution in [1.82, 2.24) is 9.36 Å². The van der Waals surface area contributed by atoms with Gasteiger partial charge in [-0.2, -0.15) is 4.37 Å². The van der Waals surface area contributed by atoms with Gasteiger partial charge in [-0.15, -0.1) is 0 Å². The second-order valence-corrected chi connectivity index (χ2v) is 6.70. The van der Waals surface area contributed by atoms with Crippen LogP contribution in [0, 0.1) is 0 Å². The van der Waals surface area contributed by atoms with Crippen molar-refractivity contribution in [3.05, 3.63) is 18.2 Å². The van der Waals surface area contributed by atoms with Gasteiger partial charge in [0.2, 0.25) is 17.9 Å². The molecular formula is C12H11N3O3S3. The minimum atomic E-state index is -0.0974. The molecule has 1 aliphatic heterocycles. The van der Waals surface area contributed by atoms with E-state index in [2.05, 4.69) is 14.7 Å². The Labute approximate surface area is 133 Å². The molecule has 0 bridgehead atoms. The molecule has 0 aliphatic carbocycles. The number of hydrogen-bond donors (Lipinski definition) is 1. The van der Waals surface area contributed by atoms with Crippen LogP contribution in [-0.4, -0.2) is 34.1 Å². The third kappa shape index (κ3) is 3.60. The summed E-state index contributed by atoms with van der Waals surface area (Å²) in [6, 6.07) is 5.31. The van der Waals surface area contributed by atoms with Crippen molar-refractivity contribution < 1.29 is 14.3 Å². The molecule has 0 atom stereocenters. The van der Waals surface area contributed by atoms with E-state index in [9.17, 15) is 4.79 Å². The number of nitrogens with one attached hydrogen (secondary N) is 1. The van der Waals surface area contributed by atoms with Crippen LogP contribution in [-0.2, 0) is 4.79 Å². The smallest absolute Gasteiger partial charge is 0.234 e. The van der Waals surface area contributed by atoms with Gasteiger partial charge in [-0.25, -0.2) is 4.98 Å². The fourth-order valence-electron chi connectivity index (χ4n) is 1.64. The highest BCUT2D eigenvalue weighted by Gasteiger charge is 2.14. The number of fused-ring (bicyclic) bond motifs is 1. The molecule has 1 aromatic carbocycles. The summed E-state index contributed by atoms with van der Waals surface area (Å²) in [6.07, 6.45) is 1.92. The zero-order chi connectivity index (χ0) is 14.7. The molecular weight excluding hydrogens is 330 g/mol. The summed E-state index contributed by atoms with van der Waals surface area (Å²) in [5, 5.41) is 3.55. The average Bonchev–Trinajstić information content (AvgIpc) is 3.13. The minimum Gasteiger partial charge on any atom is -0.454 e. The van der Waals surface area contributed by atoms with Crippen LogP contribution in [0.1, 0.15) is 0 Å². The molecule has 0 radical (unpaired) electrons. The molecule has 0 spiro atoms. The van der Waals surface area contributed by atoms with Crippen molar-refractivity contribution in [3.63, 3.8) is 0 Å². The Balaban J connectivity index is 1.54. The molecule has 1 aromatic heterocycles. The van der Waals surface area contributed by atoms with Crippen LogP contribution in [0.5, 0.6) is 11.5 Å². The van der Waals surface area contributed by atoms with E-state index in [-0.39, 0.29) is 18.5 Å². The predicted molar refractivity (Wildman–Crippen MR) is 83.6 cm³/mol. The Kier molecular flexibility index (Phi) is 4.51. The zero-order valence-electron chi connectivity index (χ0n) is 11.0. The number of carbonyl (C=O) groups is 1. The summed E-state index contributed by atoms with van der Waals surface area (Å²) < 4.78 is 15.4. The summed E-state index contributed by atoms with van der Waals surface area (Å²) >= 11 is 4.16. The van der Waals surface area contributed by atoms with Crippen molar-refractivity contribution in [3.8, 4) is 11.5 Å². The first-order valence-electron chi connectivity index (χ1n) is 5.94. The number of rotatable bonds is 5. The third-order valence-electron chi connectivity index (χ3n) is 2.55. The van der Waals surface area contributed by atoms with E-state index in [0.29, 0.717) is 17.2 Å². The molecule has 0 unspecified atom stereocenters. The van der Waals surface area contributed by atoms with Gasteiger partial charge in [0.1, 0.15) is 0 Å². The first-order chi connectivity index (χ1) is 10.2. The molecule has 0 fully saturated rings. The second-order valence-electron chi connectivity index (χ2n) is 3.95. The van der Waals surface area contributed by atoms with E-state index in [4.69, 9.17) is 9.47 Å². The van der Waals surface area contributed by atoms with Gasteiger partial charge in [-0.1, -0.05) is 23.5 Å². The van der Waals surface area contributed by atoms with E-state index < -0.39 is 0 Å². The summed E-state index contributed by atoms with van der Waals surface area (Å²) in [4.78, 5) is 16.2. The predicted octanol–water partition coefficient (Wildman–Crippen LogP) is 2.72. The van der Waals surface area contributed by atoms with Gasteiger partial charge >= 0.3 is 0 Å². The minimum absolute atomic E-state index is 0.0974. The Bertz CT molecular complexity index is 662. The Morgan fingerprint density at radius 2 is 2.29 bits per heavy atom. The Morgan fingerprint density at radius 3 is 3.10 bits per heavy atom. The molecule has 2 heterocycles. The van der Waals surface area contributed by atoms with E-state index in [1.807, 2.05) is 6.26 Å². The number of anilines is 1. The fraction of sp³-hybridized carbons (Fsp3) is 0.250. The van der Waals surface area contributed by atoms with Gasteiger partial charge in [0.15, 0.2) is 15.8 Å². The maximum absolute atomic E-state index is 11.9. The van der Waals surface area contributed by atoms with Gasteiger partial charge < -0.3 is 14.8 Å². The lowest BCUT2D eigenvalue weighted by Gasteiger charge is -2.05. The molecule has 9 heteroatoms. The van der Waals surface area contributed by atoms with Gasteiger partial charge in [-0.05, 0) is 29.9 Å². The largest absolute Gasteiger partial charge is 0.454 e. The topological polar surface area (TPSA) is 73.3 Å². The van der Waals surface area contributed by atoms with Crippen LogP contribution in [0.3, 0.4) is 0 Å². The highest BCUT2D eigenvalue weighted by molar-refractivity contribution is 8.01. The molecule has 1 amide bonds. The number of hydrogen-bond acceptors (Lipinski definition) is 8. The van der Waals surface area contributed by atoms with Crippen molar-refractivity contribution in [1.29, 1.82) is 0 Å². The molecule has 6 nitrogen and oxygen atoms in total. The fourth-order valence-corrected chi connectivity index (χ4v) is 3.65. The standard InChI is InChI=1S/C12H11N3O3S3/c1-19-11-14-12(21-15-11)20-5-10(16)13-7-2-3-8-9(4-7)18-6-17-8/h2-4H,5-6H2,1H3,(H,13,16). The molecule has 0 saturated heterocycles. The van der Waals surface area contributed by atoms with Crippen molar-refractivity contribution >= 4 is 46.7 Å². The Morgan fingerprint density at radius 1 is 1.43 bits per heavy atom. The van der Waals surface area contributed by atoms with Gasteiger partial charge in [0.25, 0.3) is 0 Å². The normalized spacial score (nSPS) is 12.4. The zero-order valence-corrected chi connectivity index (χ0v) is 13.4. The molecule has 1 N–H and O–H groups in total. The summed E-state index contributed by atoms with van der Waals surface area (Å²) in [6.45, 7) is 0.220. The Hall–Kier alpha value is -1.45. The number of ether oxygens (including phenoxy) is 2. The number of nitrogens with zero attached hydrogens (tertiary/aromatic N) is 2. The summed E-state index contributed by atoms with van der Waals surface area (Å²) in [5.41, 5.74) is 0.687. The van der Waals surface area contributed by atoms with Crippen LogP contribution in [0.25, 0.3) is 0 Å². The van der Waals surface area contributed by atoms with Crippen molar-refractivity contribution in [2.75, 3.05) is 24.1 Å². The lowest BCUT2D eigenvalue weighted by Crippen LogP contribution is -2.13. The van der Waals surface area contributed by atoms with Crippen molar-refractivity contribution in [2.24, 2.45) is 0 Å². The molecule has 2 aromatic rings. The quantitative estimate of drug-likeness (QED) is 0.838. The monoisotopic (exact) mass is 341 g/mol. The molecule has 21 heavy (non-hydrogen) atoms. The molecule has 3 rings (SSSR count). The lowest BCUT2D eigenvalue weighted by atomic mass is 10.3. The van der Waals surface area contributed by atoms with E-state index in [0.717, 1.165) is 9.50 Å². The molecule has 1 aliphatic rings. The van der Waals surface area contributed by atoms with Gasteiger partial charge in [0.05, 0.1) is 5.75 Å². The first-order valence-corrected chi connectivity index (χ1v) is 8.93. The number of thioether (sulfide) groups is 2. The van der Waals surface area contributed by atoms with E-state index >= 15 is 0 Å². The van der Waals surface area contributed by atoms with Crippen molar-refractivity contribution in [2.45, 2.75) is 9.50 Å².